The molecule has 1 heterocycles. The lowest BCUT2D eigenvalue weighted by molar-refractivity contribution is -0.170. The van der Waals surface area contributed by atoms with E-state index in [-0.39, 0.29) is 30.4 Å². The third-order valence-corrected chi connectivity index (χ3v) is 6.53. The first-order valence-electron chi connectivity index (χ1n) is 11.5. The maximum atomic E-state index is 13.4. The van der Waals surface area contributed by atoms with Gasteiger partial charge in [0.25, 0.3) is 5.91 Å². The smallest absolute Gasteiger partial charge is 0.288 e. The molecule has 1 saturated carbocycles. The molecule has 31 heavy (non-hydrogen) atoms. The predicted molar refractivity (Wildman–Crippen MR) is 121 cm³/mol. The van der Waals surface area contributed by atoms with Crippen LogP contribution < -0.4 is 0 Å². The summed E-state index contributed by atoms with van der Waals surface area (Å²) in [7, 11) is 1.88. The molecular weight excluding hydrogens is 390 g/mol. The first-order valence-corrected chi connectivity index (χ1v) is 11.5. The van der Waals surface area contributed by atoms with Gasteiger partial charge < -0.3 is 19.5 Å². The molecule has 1 amide bonds. The summed E-state index contributed by atoms with van der Waals surface area (Å²) < 4.78 is 12.1. The SMILES string of the molecule is C#Cc1ccc([C@@H]2C=C(C(=O)N(C)C3CCCCC3)O[C@H](OCC)[C@@H]2CCCO)cc1. The monoisotopic (exact) mass is 425 g/mol. The minimum atomic E-state index is -0.530. The van der Waals surface area contributed by atoms with Crippen LogP contribution in [0.25, 0.3) is 0 Å². The van der Waals surface area contributed by atoms with Crippen LogP contribution in [0.4, 0.5) is 0 Å². The minimum absolute atomic E-state index is 0.000299. The van der Waals surface area contributed by atoms with Gasteiger partial charge in [0.05, 0.1) is 0 Å². The van der Waals surface area contributed by atoms with E-state index in [2.05, 4.69) is 5.92 Å². The molecule has 3 rings (SSSR count). The Morgan fingerprint density at radius 1 is 1.26 bits per heavy atom. The number of carbonyl (C=O) groups is 1. The van der Waals surface area contributed by atoms with E-state index in [0.29, 0.717) is 18.8 Å². The molecule has 1 N–H and O–H groups in total. The van der Waals surface area contributed by atoms with Gasteiger partial charge in [-0.25, -0.2) is 0 Å². The second kappa shape index (κ2) is 11.4. The van der Waals surface area contributed by atoms with Gasteiger partial charge in [-0.3, -0.25) is 4.79 Å². The van der Waals surface area contributed by atoms with E-state index in [4.69, 9.17) is 15.9 Å². The lowest BCUT2D eigenvalue weighted by atomic mass is 9.80. The maximum Gasteiger partial charge on any atom is 0.288 e. The van der Waals surface area contributed by atoms with Crippen LogP contribution in [0.15, 0.2) is 36.1 Å². The zero-order valence-corrected chi connectivity index (χ0v) is 18.8. The molecule has 3 atom stereocenters. The number of amides is 1. The number of carbonyl (C=O) groups excluding carboxylic acids is 1. The molecule has 0 bridgehead atoms. The summed E-state index contributed by atoms with van der Waals surface area (Å²) in [6, 6.07) is 8.14. The summed E-state index contributed by atoms with van der Waals surface area (Å²) in [5, 5.41) is 9.42. The summed E-state index contributed by atoms with van der Waals surface area (Å²) in [5.74, 6) is 2.88. The number of aliphatic hydroxyl groups is 1. The van der Waals surface area contributed by atoms with Gasteiger partial charge >= 0.3 is 0 Å². The number of nitrogens with zero attached hydrogens (tertiary/aromatic N) is 1. The fraction of sp³-hybridized carbons (Fsp3) is 0.577. The van der Waals surface area contributed by atoms with E-state index >= 15 is 0 Å². The number of benzene rings is 1. The summed E-state index contributed by atoms with van der Waals surface area (Å²) >= 11 is 0. The molecule has 5 nitrogen and oxygen atoms in total. The van der Waals surface area contributed by atoms with Crippen LogP contribution in [-0.4, -0.2) is 48.5 Å². The Bertz CT molecular complexity index is 789. The number of allylic oxidation sites excluding steroid dienone is 1. The van der Waals surface area contributed by atoms with Crippen LogP contribution in [0, 0.1) is 18.3 Å². The number of terminal acetylenes is 1. The van der Waals surface area contributed by atoms with Crippen molar-refractivity contribution in [2.75, 3.05) is 20.3 Å². The number of rotatable bonds is 8. The highest BCUT2D eigenvalue weighted by Gasteiger charge is 2.39. The van der Waals surface area contributed by atoms with Crippen LogP contribution in [0.3, 0.4) is 0 Å². The number of likely N-dealkylation sites (N-methyl/N-ethyl adjacent to an activating group) is 1. The average Bonchev–Trinajstić information content (AvgIpc) is 2.82. The van der Waals surface area contributed by atoms with Gasteiger partial charge in [0.15, 0.2) is 5.76 Å². The Kier molecular flexibility index (Phi) is 8.57. The van der Waals surface area contributed by atoms with E-state index in [1.807, 2.05) is 49.2 Å². The zero-order valence-electron chi connectivity index (χ0n) is 18.8. The van der Waals surface area contributed by atoms with E-state index in [1.165, 1.54) is 6.42 Å². The molecule has 1 aliphatic heterocycles. The zero-order chi connectivity index (χ0) is 22.2. The highest BCUT2D eigenvalue weighted by Crippen LogP contribution is 2.40. The third-order valence-electron chi connectivity index (χ3n) is 6.53. The predicted octanol–water partition coefficient (Wildman–Crippen LogP) is 4.21. The maximum absolute atomic E-state index is 13.4. The molecular formula is C26H35NO4. The number of hydrogen-bond donors (Lipinski definition) is 1. The molecule has 5 heteroatoms. The van der Waals surface area contributed by atoms with E-state index in [0.717, 1.165) is 43.2 Å². The van der Waals surface area contributed by atoms with Crippen LogP contribution >= 0.6 is 0 Å². The largest absolute Gasteiger partial charge is 0.459 e. The van der Waals surface area contributed by atoms with Crippen molar-refractivity contribution >= 4 is 5.91 Å². The first kappa shape index (κ1) is 23.4. The van der Waals surface area contributed by atoms with E-state index in [1.54, 1.807) is 0 Å². The molecule has 1 aromatic carbocycles. The molecule has 1 aliphatic carbocycles. The lowest BCUT2D eigenvalue weighted by Crippen LogP contribution is -2.43. The van der Waals surface area contributed by atoms with Crippen molar-refractivity contribution in [3.63, 3.8) is 0 Å². The summed E-state index contributed by atoms with van der Waals surface area (Å²) in [5.41, 5.74) is 1.89. The lowest BCUT2D eigenvalue weighted by Gasteiger charge is -2.39. The van der Waals surface area contributed by atoms with Gasteiger partial charge in [0.2, 0.25) is 6.29 Å². The Labute approximate surface area is 186 Å². The van der Waals surface area contributed by atoms with Crippen molar-refractivity contribution in [3.8, 4) is 12.3 Å². The van der Waals surface area contributed by atoms with Crippen LogP contribution in [0.2, 0.25) is 0 Å². The molecule has 1 fully saturated rings. The summed E-state index contributed by atoms with van der Waals surface area (Å²) in [6.45, 7) is 2.53. The standard InChI is InChI=1S/C26H35NO4/c1-4-19-13-15-20(16-14-19)23-18-24(25(29)27(3)21-10-7-6-8-11-21)31-26(30-5-2)22(23)12-9-17-28/h1,13-16,18,21-23,26,28H,5-12,17H2,2-3H3/t22-,23+,26+/m1/s1. The normalized spacial score (nSPS) is 24.1. The molecule has 0 aromatic heterocycles. The molecule has 0 radical (unpaired) electrons. The molecule has 168 valence electrons. The third kappa shape index (κ3) is 5.70. The van der Waals surface area contributed by atoms with E-state index in [9.17, 15) is 9.90 Å². The fourth-order valence-corrected chi connectivity index (χ4v) is 4.75. The second-order valence-electron chi connectivity index (χ2n) is 8.50. The molecule has 0 saturated heterocycles. The van der Waals surface area contributed by atoms with Gasteiger partial charge in [-0.05, 0) is 56.4 Å². The van der Waals surface area contributed by atoms with Crippen molar-refractivity contribution in [1.29, 1.82) is 0 Å². The highest BCUT2D eigenvalue weighted by molar-refractivity contribution is 5.91. The van der Waals surface area contributed by atoms with E-state index < -0.39 is 6.29 Å². The summed E-state index contributed by atoms with van der Waals surface area (Å²) in [4.78, 5) is 15.2. The molecule has 2 aliphatic rings. The van der Waals surface area contributed by atoms with Gasteiger partial charge in [-0.2, -0.15) is 0 Å². The fourth-order valence-electron chi connectivity index (χ4n) is 4.75. The van der Waals surface area contributed by atoms with Gasteiger partial charge in [0, 0.05) is 43.7 Å². The van der Waals surface area contributed by atoms with Crippen molar-refractivity contribution in [1.82, 2.24) is 4.90 Å². The molecule has 1 aromatic rings. The Hall–Kier alpha value is -2.29. The van der Waals surface area contributed by atoms with Crippen molar-refractivity contribution in [2.24, 2.45) is 5.92 Å². The summed E-state index contributed by atoms with van der Waals surface area (Å²) in [6.07, 6.45) is 14.0. The molecule has 0 spiro atoms. The van der Waals surface area contributed by atoms with Gasteiger partial charge in [-0.15, -0.1) is 6.42 Å². The van der Waals surface area contributed by atoms with Crippen LogP contribution in [0.5, 0.6) is 0 Å². The Morgan fingerprint density at radius 3 is 2.58 bits per heavy atom. The van der Waals surface area contributed by atoms with Crippen molar-refractivity contribution in [2.45, 2.75) is 70.1 Å². The van der Waals surface area contributed by atoms with Crippen molar-refractivity contribution in [3.05, 3.63) is 47.2 Å². The van der Waals surface area contributed by atoms with Crippen LogP contribution in [-0.2, 0) is 14.3 Å². The Balaban J connectivity index is 1.92. The number of aliphatic hydroxyl groups excluding tert-OH is 1. The minimum Gasteiger partial charge on any atom is -0.459 e. The van der Waals surface area contributed by atoms with Crippen molar-refractivity contribution < 1.29 is 19.4 Å². The number of hydrogen-bond acceptors (Lipinski definition) is 4. The topological polar surface area (TPSA) is 59.0 Å². The highest BCUT2D eigenvalue weighted by atomic mass is 16.7. The average molecular weight is 426 g/mol. The second-order valence-corrected chi connectivity index (χ2v) is 8.50. The quantitative estimate of drug-likeness (QED) is 0.634. The Morgan fingerprint density at radius 2 is 1.97 bits per heavy atom. The first-order chi connectivity index (χ1) is 15.1. The van der Waals surface area contributed by atoms with Gasteiger partial charge in [-0.1, -0.05) is 37.3 Å². The van der Waals surface area contributed by atoms with Crippen LogP contribution in [0.1, 0.15) is 68.9 Å². The molecule has 0 unspecified atom stereocenters. The number of ether oxygens (including phenoxy) is 2. The van der Waals surface area contributed by atoms with Gasteiger partial charge in [0.1, 0.15) is 0 Å².